The van der Waals surface area contributed by atoms with Crippen molar-refractivity contribution in [2.24, 2.45) is 0 Å². The molecule has 0 unspecified atom stereocenters. The number of hydrogen-bond acceptors (Lipinski definition) is 6. The lowest BCUT2D eigenvalue weighted by molar-refractivity contribution is 0.0950. The number of rotatable bonds is 5. The van der Waals surface area contributed by atoms with Gasteiger partial charge in [-0.25, -0.2) is 9.97 Å². The first-order valence-electron chi connectivity index (χ1n) is 6.40. The van der Waals surface area contributed by atoms with Crippen molar-refractivity contribution in [3.63, 3.8) is 0 Å². The number of aromatic nitrogens is 2. The molecule has 3 aromatic rings. The molecule has 0 spiro atoms. The fraction of sp³-hybridized carbons (Fsp3) is 0.214. The van der Waals surface area contributed by atoms with Crippen LogP contribution < -0.4 is 5.32 Å². The quantitative estimate of drug-likeness (QED) is 0.784. The topological polar surface area (TPSA) is 68.0 Å². The molecule has 21 heavy (non-hydrogen) atoms. The van der Waals surface area contributed by atoms with Crippen LogP contribution in [0.3, 0.4) is 0 Å². The minimum atomic E-state index is -0.222. The highest BCUT2D eigenvalue weighted by Gasteiger charge is 2.18. The van der Waals surface area contributed by atoms with E-state index < -0.39 is 0 Å². The standard InChI is InChI=1S/C14H13N3O2S2/c1-9-7-21-11(17-9)4-5-15-14(18)12-13(19-8-16-12)10-3-2-6-20-10/h2-3,6-8H,4-5H2,1H3,(H,15,18). The largest absolute Gasteiger partial charge is 0.442 e. The number of carbonyl (C=O) groups excluding carboxylic acids is 1. The van der Waals surface area contributed by atoms with Crippen LogP contribution in [0.4, 0.5) is 0 Å². The highest BCUT2D eigenvalue weighted by Crippen LogP contribution is 2.27. The molecular weight excluding hydrogens is 306 g/mol. The molecule has 0 aliphatic rings. The van der Waals surface area contributed by atoms with Crippen molar-refractivity contribution < 1.29 is 9.21 Å². The van der Waals surface area contributed by atoms with Crippen LogP contribution in [0.5, 0.6) is 0 Å². The van der Waals surface area contributed by atoms with Crippen molar-refractivity contribution >= 4 is 28.6 Å². The summed E-state index contributed by atoms with van der Waals surface area (Å²) in [5.74, 6) is 0.299. The fourth-order valence-electron chi connectivity index (χ4n) is 1.87. The molecule has 0 bridgehead atoms. The molecule has 3 heterocycles. The maximum Gasteiger partial charge on any atom is 0.273 e. The summed E-state index contributed by atoms with van der Waals surface area (Å²) in [4.78, 5) is 21.4. The van der Waals surface area contributed by atoms with Crippen molar-refractivity contribution in [3.05, 3.63) is 45.7 Å². The number of nitrogens with zero attached hydrogens (tertiary/aromatic N) is 2. The SMILES string of the molecule is Cc1csc(CCNC(=O)c2ncoc2-c2cccs2)n1. The van der Waals surface area contributed by atoms with E-state index in [9.17, 15) is 4.79 Å². The van der Waals surface area contributed by atoms with Crippen molar-refractivity contribution in [2.75, 3.05) is 6.54 Å². The highest BCUT2D eigenvalue weighted by atomic mass is 32.1. The van der Waals surface area contributed by atoms with Gasteiger partial charge in [-0.2, -0.15) is 0 Å². The van der Waals surface area contributed by atoms with Gasteiger partial charge >= 0.3 is 0 Å². The Balaban J connectivity index is 1.62. The maximum absolute atomic E-state index is 12.2. The van der Waals surface area contributed by atoms with Gasteiger partial charge in [0.2, 0.25) is 0 Å². The molecule has 0 saturated carbocycles. The van der Waals surface area contributed by atoms with E-state index in [4.69, 9.17) is 4.42 Å². The summed E-state index contributed by atoms with van der Waals surface area (Å²) in [6.07, 6.45) is 2.02. The van der Waals surface area contributed by atoms with E-state index in [1.807, 2.05) is 29.8 Å². The fourth-order valence-corrected chi connectivity index (χ4v) is 3.36. The van der Waals surface area contributed by atoms with Crippen molar-refractivity contribution in [1.29, 1.82) is 0 Å². The van der Waals surface area contributed by atoms with E-state index in [1.54, 1.807) is 11.3 Å². The van der Waals surface area contributed by atoms with Gasteiger partial charge in [-0.1, -0.05) is 6.07 Å². The Kier molecular flexibility index (Phi) is 4.12. The third kappa shape index (κ3) is 3.20. The number of hydrogen-bond donors (Lipinski definition) is 1. The van der Waals surface area contributed by atoms with E-state index >= 15 is 0 Å². The van der Waals surface area contributed by atoms with E-state index in [0.29, 0.717) is 18.0 Å². The van der Waals surface area contributed by atoms with Gasteiger partial charge in [0.25, 0.3) is 5.91 Å². The molecule has 3 rings (SSSR count). The molecule has 7 heteroatoms. The first kappa shape index (κ1) is 14.0. The summed E-state index contributed by atoms with van der Waals surface area (Å²) in [7, 11) is 0. The first-order valence-corrected chi connectivity index (χ1v) is 8.16. The van der Waals surface area contributed by atoms with Crippen molar-refractivity contribution in [1.82, 2.24) is 15.3 Å². The minimum Gasteiger partial charge on any atom is -0.442 e. The van der Waals surface area contributed by atoms with Gasteiger partial charge in [-0.15, -0.1) is 22.7 Å². The third-order valence-corrected chi connectivity index (χ3v) is 4.71. The monoisotopic (exact) mass is 319 g/mol. The second-order valence-corrected chi connectivity index (χ2v) is 6.29. The predicted octanol–water partition coefficient (Wildman–Crippen LogP) is 3.14. The molecule has 1 N–H and O–H groups in total. The van der Waals surface area contributed by atoms with E-state index in [-0.39, 0.29) is 5.91 Å². The summed E-state index contributed by atoms with van der Waals surface area (Å²) in [5.41, 5.74) is 1.34. The second kappa shape index (κ2) is 6.19. The maximum atomic E-state index is 12.2. The zero-order valence-corrected chi connectivity index (χ0v) is 13.0. The summed E-state index contributed by atoms with van der Waals surface area (Å²) in [6.45, 7) is 2.49. The highest BCUT2D eigenvalue weighted by molar-refractivity contribution is 7.13. The molecule has 0 fully saturated rings. The third-order valence-electron chi connectivity index (χ3n) is 2.82. The normalized spacial score (nSPS) is 10.7. The van der Waals surface area contributed by atoms with Crippen LogP contribution in [-0.2, 0) is 6.42 Å². The van der Waals surface area contributed by atoms with Gasteiger partial charge in [0.15, 0.2) is 17.8 Å². The Labute approximate surface area is 129 Å². The molecule has 3 aromatic heterocycles. The number of oxazole rings is 1. The van der Waals surface area contributed by atoms with Gasteiger partial charge in [0.05, 0.1) is 9.88 Å². The molecule has 108 valence electrons. The number of carbonyl (C=O) groups is 1. The summed E-state index contributed by atoms with van der Waals surface area (Å²) >= 11 is 3.12. The Morgan fingerprint density at radius 2 is 2.33 bits per heavy atom. The second-order valence-electron chi connectivity index (χ2n) is 4.40. The summed E-state index contributed by atoms with van der Waals surface area (Å²) in [6, 6.07) is 3.81. The van der Waals surface area contributed by atoms with Crippen LogP contribution in [0.25, 0.3) is 10.6 Å². The Morgan fingerprint density at radius 3 is 3.05 bits per heavy atom. The zero-order chi connectivity index (χ0) is 14.7. The van der Waals surface area contributed by atoms with Gasteiger partial charge in [-0.05, 0) is 18.4 Å². The predicted molar refractivity (Wildman–Crippen MR) is 82.7 cm³/mol. The number of amides is 1. The smallest absolute Gasteiger partial charge is 0.273 e. The van der Waals surface area contributed by atoms with Gasteiger partial charge in [-0.3, -0.25) is 4.79 Å². The van der Waals surface area contributed by atoms with Crippen molar-refractivity contribution in [3.8, 4) is 10.6 Å². The van der Waals surface area contributed by atoms with Crippen LogP contribution in [0.15, 0.2) is 33.7 Å². The summed E-state index contributed by atoms with van der Waals surface area (Å²) in [5, 5.41) is 7.81. The van der Waals surface area contributed by atoms with Crippen LogP contribution in [-0.4, -0.2) is 22.4 Å². The molecular formula is C14H13N3O2S2. The molecule has 0 radical (unpaired) electrons. The minimum absolute atomic E-state index is 0.222. The molecule has 0 aliphatic carbocycles. The Morgan fingerprint density at radius 1 is 1.43 bits per heavy atom. The molecule has 5 nitrogen and oxygen atoms in total. The van der Waals surface area contributed by atoms with Crippen LogP contribution in [0.2, 0.25) is 0 Å². The lowest BCUT2D eigenvalue weighted by Crippen LogP contribution is -2.26. The zero-order valence-electron chi connectivity index (χ0n) is 11.3. The van der Waals surface area contributed by atoms with Gasteiger partial charge in [0.1, 0.15) is 0 Å². The number of thiophene rings is 1. The molecule has 0 aliphatic heterocycles. The molecule has 0 aromatic carbocycles. The van der Waals surface area contributed by atoms with Gasteiger partial charge < -0.3 is 9.73 Å². The lowest BCUT2D eigenvalue weighted by Gasteiger charge is -2.02. The number of thiazole rings is 1. The first-order chi connectivity index (χ1) is 10.2. The number of nitrogens with one attached hydrogen (secondary N) is 1. The van der Waals surface area contributed by atoms with Crippen LogP contribution in [0, 0.1) is 6.92 Å². The van der Waals surface area contributed by atoms with Crippen LogP contribution in [0.1, 0.15) is 21.2 Å². The number of aryl methyl sites for hydroxylation is 1. The molecule has 1 amide bonds. The van der Waals surface area contributed by atoms with Gasteiger partial charge in [0, 0.05) is 24.0 Å². The molecule has 0 saturated heterocycles. The summed E-state index contributed by atoms with van der Waals surface area (Å²) < 4.78 is 5.33. The van der Waals surface area contributed by atoms with E-state index in [1.165, 1.54) is 17.7 Å². The average Bonchev–Trinajstić information content (AvgIpc) is 3.19. The lowest BCUT2D eigenvalue weighted by atomic mass is 10.2. The van der Waals surface area contributed by atoms with Crippen LogP contribution >= 0.6 is 22.7 Å². The Hall–Kier alpha value is -1.99. The van der Waals surface area contributed by atoms with Crippen molar-refractivity contribution in [2.45, 2.75) is 13.3 Å². The molecule has 0 atom stereocenters. The van der Waals surface area contributed by atoms with E-state index in [2.05, 4.69) is 15.3 Å². The Bertz CT molecular complexity index is 731. The average molecular weight is 319 g/mol. The van der Waals surface area contributed by atoms with E-state index in [0.717, 1.165) is 22.0 Å².